The van der Waals surface area contributed by atoms with E-state index < -0.39 is 0 Å². The molecule has 0 aliphatic carbocycles. The standard InChI is InChI=1S/C27H18NS/c1-18-10-11-19(16-28)12-27(18)29-17-26-24-9-5-4-8-22(24)14-23-13-20-6-2-3-7-21(20)15-25(23)26/h2-15H,1,17H2. The van der Waals surface area contributed by atoms with Crippen molar-refractivity contribution in [1.82, 2.24) is 0 Å². The highest BCUT2D eigenvalue weighted by Gasteiger charge is 2.11. The van der Waals surface area contributed by atoms with Crippen LogP contribution < -0.4 is 0 Å². The van der Waals surface area contributed by atoms with E-state index in [0.29, 0.717) is 5.56 Å². The molecule has 0 aliphatic heterocycles. The van der Waals surface area contributed by atoms with Crippen LogP contribution in [0.3, 0.4) is 0 Å². The highest BCUT2D eigenvalue weighted by atomic mass is 32.2. The summed E-state index contributed by atoms with van der Waals surface area (Å²) in [4.78, 5) is 1.06. The molecule has 0 aliphatic rings. The molecular weight excluding hydrogens is 370 g/mol. The normalized spacial score (nSPS) is 11.2. The fourth-order valence-corrected chi connectivity index (χ4v) is 4.99. The van der Waals surface area contributed by atoms with Crippen molar-refractivity contribution in [2.24, 2.45) is 0 Å². The molecule has 0 saturated heterocycles. The summed E-state index contributed by atoms with van der Waals surface area (Å²) in [6, 6.07) is 31.9. The number of hydrogen-bond donors (Lipinski definition) is 0. The van der Waals surface area contributed by atoms with Crippen molar-refractivity contribution in [2.45, 2.75) is 10.6 Å². The Kier molecular flexibility index (Phi) is 4.46. The van der Waals surface area contributed by atoms with Crippen LogP contribution >= 0.6 is 11.8 Å². The van der Waals surface area contributed by atoms with Crippen LogP contribution in [-0.2, 0) is 5.75 Å². The van der Waals surface area contributed by atoms with Gasteiger partial charge < -0.3 is 0 Å². The minimum Gasteiger partial charge on any atom is -0.192 e. The minimum atomic E-state index is 0.675. The number of nitrogens with zero attached hydrogens (tertiary/aromatic N) is 1. The van der Waals surface area contributed by atoms with E-state index in [2.05, 4.69) is 79.7 Å². The smallest absolute Gasteiger partial charge is 0.0992 e. The van der Waals surface area contributed by atoms with Crippen LogP contribution in [0.5, 0.6) is 0 Å². The van der Waals surface area contributed by atoms with Crippen LogP contribution in [0.4, 0.5) is 0 Å². The zero-order valence-corrected chi connectivity index (χ0v) is 16.7. The fourth-order valence-electron chi connectivity index (χ4n) is 3.91. The molecule has 0 aromatic heterocycles. The first kappa shape index (κ1) is 17.8. The van der Waals surface area contributed by atoms with Gasteiger partial charge in [-0.2, -0.15) is 5.26 Å². The summed E-state index contributed by atoms with van der Waals surface area (Å²) in [6.45, 7) is 4.14. The average molecular weight is 389 g/mol. The number of nitriles is 1. The Morgan fingerprint density at radius 2 is 1.41 bits per heavy atom. The van der Waals surface area contributed by atoms with Crippen molar-refractivity contribution in [1.29, 1.82) is 5.26 Å². The van der Waals surface area contributed by atoms with E-state index in [1.807, 2.05) is 18.2 Å². The van der Waals surface area contributed by atoms with Gasteiger partial charge in [-0.1, -0.05) is 54.6 Å². The number of benzene rings is 5. The molecule has 0 spiro atoms. The molecule has 0 amide bonds. The molecule has 0 fully saturated rings. The maximum Gasteiger partial charge on any atom is 0.0992 e. The summed E-state index contributed by atoms with van der Waals surface area (Å²) in [5.41, 5.74) is 2.97. The van der Waals surface area contributed by atoms with Gasteiger partial charge in [0.15, 0.2) is 0 Å². The molecule has 1 radical (unpaired) electrons. The van der Waals surface area contributed by atoms with Gasteiger partial charge in [-0.05, 0) is 80.7 Å². The van der Waals surface area contributed by atoms with Crippen LogP contribution in [0.25, 0.3) is 32.3 Å². The highest BCUT2D eigenvalue weighted by Crippen LogP contribution is 2.36. The summed E-state index contributed by atoms with van der Waals surface area (Å²) in [6.07, 6.45) is 0. The Bertz CT molecular complexity index is 1420. The Hall–Kier alpha value is -3.28. The van der Waals surface area contributed by atoms with Gasteiger partial charge in [-0.15, -0.1) is 11.8 Å². The predicted molar refractivity (Wildman–Crippen MR) is 124 cm³/mol. The molecule has 5 rings (SSSR count). The third kappa shape index (κ3) is 3.24. The summed E-state index contributed by atoms with van der Waals surface area (Å²) >= 11 is 1.75. The van der Waals surface area contributed by atoms with Gasteiger partial charge in [-0.3, -0.25) is 0 Å². The van der Waals surface area contributed by atoms with Gasteiger partial charge in [-0.25, -0.2) is 0 Å². The lowest BCUT2D eigenvalue weighted by Gasteiger charge is -2.14. The Morgan fingerprint density at radius 3 is 2.21 bits per heavy atom. The number of thioether (sulfide) groups is 1. The second-order valence-electron chi connectivity index (χ2n) is 7.22. The average Bonchev–Trinajstić information content (AvgIpc) is 2.76. The third-order valence-electron chi connectivity index (χ3n) is 5.41. The Labute approximate surface area is 174 Å². The molecule has 0 N–H and O–H groups in total. The summed E-state index contributed by atoms with van der Waals surface area (Å²) in [7, 11) is 0. The first-order valence-corrected chi connectivity index (χ1v) is 10.5. The van der Waals surface area contributed by atoms with Gasteiger partial charge in [0, 0.05) is 10.6 Å². The van der Waals surface area contributed by atoms with Gasteiger partial charge in [0.2, 0.25) is 0 Å². The number of fused-ring (bicyclic) bond motifs is 3. The monoisotopic (exact) mass is 388 g/mol. The maximum absolute atomic E-state index is 9.24. The zero-order chi connectivity index (χ0) is 19.8. The lowest BCUT2D eigenvalue weighted by atomic mass is 9.95. The van der Waals surface area contributed by atoms with Gasteiger partial charge >= 0.3 is 0 Å². The van der Waals surface area contributed by atoms with Crippen LogP contribution in [0.15, 0.2) is 89.8 Å². The molecule has 1 nitrogen and oxygen atoms in total. The van der Waals surface area contributed by atoms with Crippen LogP contribution in [0.1, 0.15) is 16.7 Å². The van der Waals surface area contributed by atoms with Crippen molar-refractivity contribution in [3.05, 3.63) is 109 Å². The van der Waals surface area contributed by atoms with E-state index in [0.717, 1.165) is 16.2 Å². The van der Waals surface area contributed by atoms with Gasteiger partial charge in [0.05, 0.1) is 11.6 Å². The Morgan fingerprint density at radius 1 is 0.724 bits per heavy atom. The van der Waals surface area contributed by atoms with Crippen molar-refractivity contribution in [3.63, 3.8) is 0 Å². The Balaban J connectivity index is 1.70. The van der Waals surface area contributed by atoms with Crippen molar-refractivity contribution in [2.75, 3.05) is 0 Å². The number of hydrogen-bond acceptors (Lipinski definition) is 2. The largest absolute Gasteiger partial charge is 0.192 e. The molecule has 5 aromatic rings. The first-order chi connectivity index (χ1) is 14.2. The zero-order valence-electron chi connectivity index (χ0n) is 15.9. The lowest BCUT2D eigenvalue weighted by Crippen LogP contribution is -1.90. The van der Waals surface area contributed by atoms with Crippen molar-refractivity contribution < 1.29 is 0 Å². The van der Waals surface area contributed by atoms with E-state index in [1.54, 1.807) is 11.8 Å². The summed E-state index contributed by atoms with van der Waals surface area (Å²) in [5.74, 6) is 0.827. The highest BCUT2D eigenvalue weighted by molar-refractivity contribution is 7.98. The molecule has 0 saturated carbocycles. The SMILES string of the molecule is [CH2]c1ccc(C#N)cc1SCc1c2ccccc2cc2cc3ccccc3cc12. The first-order valence-electron chi connectivity index (χ1n) is 9.55. The van der Waals surface area contributed by atoms with E-state index in [-0.39, 0.29) is 0 Å². The minimum absolute atomic E-state index is 0.675. The second kappa shape index (κ2) is 7.28. The summed E-state index contributed by atoms with van der Waals surface area (Å²) in [5, 5.41) is 16.8. The second-order valence-corrected chi connectivity index (χ2v) is 8.24. The number of rotatable bonds is 3. The van der Waals surface area contributed by atoms with E-state index in [4.69, 9.17) is 0 Å². The molecular formula is C27H18NS. The molecule has 5 aromatic carbocycles. The van der Waals surface area contributed by atoms with E-state index in [1.165, 1.54) is 37.9 Å². The lowest BCUT2D eigenvalue weighted by molar-refractivity contribution is 1.34. The molecule has 0 bridgehead atoms. The van der Waals surface area contributed by atoms with Crippen molar-refractivity contribution in [3.8, 4) is 6.07 Å². The molecule has 0 atom stereocenters. The predicted octanol–water partition coefficient (Wildman–Crippen LogP) is 7.49. The fraction of sp³-hybridized carbons (Fsp3) is 0.0370. The van der Waals surface area contributed by atoms with Crippen molar-refractivity contribution >= 4 is 44.1 Å². The molecule has 2 heteroatoms. The topological polar surface area (TPSA) is 23.8 Å². The quantitative estimate of drug-likeness (QED) is 0.236. The third-order valence-corrected chi connectivity index (χ3v) is 6.53. The van der Waals surface area contributed by atoms with Gasteiger partial charge in [0.25, 0.3) is 0 Å². The maximum atomic E-state index is 9.24. The van der Waals surface area contributed by atoms with Crippen LogP contribution in [0.2, 0.25) is 0 Å². The summed E-state index contributed by atoms with van der Waals surface area (Å²) < 4.78 is 0. The molecule has 0 heterocycles. The molecule has 137 valence electrons. The van der Waals surface area contributed by atoms with Gasteiger partial charge in [0.1, 0.15) is 0 Å². The van der Waals surface area contributed by atoms with E-state index >= 15 is 0 Å². The van der Waals surface area contributed by atoms with Crippen LogP contribution in [0, 0.1) is 18.3 Å². The molecule has 0 unspecified atom stereocenters. The molecule has 29 heavy (non-hydrogen) atoms. The van der Waals surface area contributed by atoms with E-state index in [9.17, 15) is 5.26 Å². The van der Waals surface area contributed by atoms with Crippen LogP contribution in [-0.4, -0.2) is 0 Å².